The van der Waals surface area contributed by atoms with Crippen LogP contribution in [0.25, 0.3) is 0 Å². The van der Waals surface area contributed by atoms with Crippen LogP contribution in [0.4, 0.5) is 10.5 Å². The molecule has 5 rings (SSSR count). The average molecular weight is 511 g/mol. The molecule has 3 aliphatic rings. The summed E-state index contributed by atoms with van der Waals surface area (Å²) in [5.74, 6) is 2.16. The quantitative estimate of drug-likeness (QED) is 0.563. The standard InChI is InChI=1S/C28H38N4O5/c1-21-4-5-22(2)24(16-21)31-10-12-32(13-11-31)28(33)35-15-14-29-6-8-30(9-7-29)19-23-17-25(34-3)27-26(18-23)36-20-37-27/h4-5,16-18H,6-15,19-20H2,1-3H3. The first-order valence-electron chi connectivity index (χ1n) is 13.2. The van der Waals surface area contributed by atoms with Crippen molar-refractivity contribution in [1.29, 1.82) is 0 Å². The fourth-order valence-corrected chi connectivity index (χ4v) is 5.25. The molecular formula is C28H38N4O5. The Kier molecular flexibility index (Phi) is 7.90. The summed E-state index contributed by atoms with van der Waals surface area (Å²) in [6.45, 7) is 13.4. The van der Waals surface area contributed by atoms with E-state index in [1.54, 1.807) is 7.11 Å². The molecule has 0 bridgehead atoms. The summed E-state index contributed by atoms with van der Waals surface area (Å²) in [4.78, 5) is 21.6. The van der Waals surface area contributed by atoms with Gasteiger partial charge in [-0.25, -0.2) is 4.79 Å². The van der Waals surface area contributed by atoms with Crippen LogP contribution in [-0.4, -0.2) is 100 Å². The van der Waals surface area contributed by atoms with Gasteiger partial charge in [0, 0.05) is 71.1 Å². The first kappa shape index (κ1) is 25.5. The van der Waals surface area contributed by atoms with E-state index in [9.17, 15) is 4.79 Å². The predicted octanol–water partition coefficient (Wildman–Crippen LogP) is 3.12. The van der Waals surface area contributed by atoms with Gasteiger partial charge in [0.1, 0.15) is 6.61 Å². The van der Waals surface area contributed by atoms with Crippen LogP contribution in [0.3, 0.4) is 0 Å². The van der Waals surface area contributed by atoms with Crippen molar-refractivity contribution in [3.8, 4) is 17.2 Å². The van der Waals surface area contributed by atoms with Gasteiger partial charge in [0.05, 0.1) is 7.11 Å². The molecule has 2 saturated heterocycles. The van der Waals surface area contributed by atoms with Crippen LogP contribution in [0.2, 0.25) is 0 Å². The molecule has 2 fully saturated rings. The van der Waals surface area contributed by atoms with Gasteiger partial charge in [0.15, 0.2) is 11.5 Å². The second-order valence-electron chi connectivity index (χ2n) is 10.0. The van der Waals surface area contributed by atoms with E-state index in [1.165, 1.54) is 16.8 Å². The van der Waals surface area contributed by atoms with Crippen molar-refractivity contribution < 1.29 is 23.7 Å². The van der Waals surface area contributed by atoms with Gasteiger partial charge < -0.3 is 28.7 Å². The van der Waals surface area contributed by atoms with Crippen LogP contribution in [0.1, 0.15) is 16.7 Å². The van der Waals surface area contributed by atoms with Gasteiger partial charge >= 0.3 is 6.09 Å². The zero-order chi connectivity index (χ0) is 25.8. The number of nitrogens with zero attached hydrogens (tertiary/aromatic N) is 4. The monoisotopic (exact) mass is 510 g/mol. The highest BCUT2D eigenvalue weighted by Crippen LogP contribution is 2.42. The van der Waals surface area contributed by atoms with Gasteiger partial charge in [0.25, 0.3) is 0 Å². The molecule has 0 spiro atoms. The normalized spacial score (nSPS) is 18.2. The van der Waals surface area contributed by atoms with E-state index in [0.29, 0.717) is 25.4 Å². The van der Waals surface area contributed by atoms with Gasteiger partial charge in [-0.1, -0.05) is 12.1 Å². The molecule has 0 N–H and O–H groups in total. The fourth-order valence-electron chi connectivity index (χ4n) is 5.25. The smallest absolute Gasteiger partial charge is 0.409 e. The highest BCUT2D eigenvalue weighted by Gasteiger charge is 2.25. The van der Waals surface area contributed by atoms with Gasteiger partial charge in [-0.2, -0.15) is 0 Å². The molecule has 0 radical (unpaired) electrons. The largest absolute Gasteiger partial charge is 0.493 e. The molecule has 0 saturated carbocycles. The molecule has 0 aliphatic carbocycles. The number of benzene rings is 2. The zero-order valence-electron chi connectivity index (χ0n) is 22.2. The zero-order valence-corrected chi connectivity index (χ0v) is 22.2. The van der Waals surface area contributed by atoms with Crippen molar-refractivity contribution in [2.75, 3.05) is 84.3 Å². The third-order valence-electron chi connectivity index (χ3n) is 7.47. The van der Waals surface area contributed by atoms with Crippen LogP contribution < -0.4 is 19.1 Å². The Balaban J connectivity index is 1.01. The number of hydrogen-bond donors (Lipinski definition) is 0. The molecule has 0 aromatic heterocycles. The number of rotatable bonds is 7. The van der Waals surface area contributed by atoms with E-state index < -0.39 is 0 Å². The van der Waals surface area contributed by atoms with Crippen LogP contribution >= 0.6 is 0 Å². The fraction of sp³-hybridized carbons (Fsp3) is 0.536. The molecule has 37 heavy (non-hydrogen) atoms. The molecule has 200 valence electrons. The first-order chi connectivity index (χ1) is 18.0. The van der Waals surface area contributed by atoms with E-state index in [0.717, 1.165) is 69.4 Å². The molecule has 2 aromatic rings. The summed E-state index contributed by atoms with van der Waals surface area (Å²) >= 11 is 0. The van der Waals surface area contributed by atoms with Crippen LogP contribution in [-0.2, 0) is 11.3 Å². The Hall–Kier alpha value is -3.17. The van der Waals surface area contributed by atoms with Crippen molar-refractivity contribution in [3.05, 3.63) is 47.0 Å². The summed E-state index contributed by atoms with van der Waals surface area (Å²) in [5.41, 5.74) is 4.96. The molecule has 1 amide bonds. The van der Waals surface area contributed by atoms with Gasteiger partial charge in [-0.3, -0.25) is 9.80 Å². The number of amides is 1. The van der Waals surface area contributed by atoms with Crippen LogP contribution in [0.5, 0.6) is 17.2 Å². The van der Waals surface area contributed by atoms with E-state index in [-0.39, 0.29) is 12.9 Å². The van der Waals surface area contributed by atoms with E-state index >= 15 is 0 Å². The molecule has 9 nitrogen and oxygen atoms in total. The number of methoxy groups -OCH3 is 1. The maximum absolute atomic E-state index is 12.6. The molecular weight excluding hydrogens is 472 g/mol. The van der Waals surface area contributed by atoms with E-state index in [1.807, 2.05) is 17.0 Å². The number of carbonyl (C=O) groups is 1. The third-order valence-corrected chi connectivity index (χ3v) is 7.47. The maximum atomic E-state index is 12.6. The summed E-state index contributed by atoms with van der Waals surface area (Å²) in [5, 5.41) is 0. The van der Waals surface area contributed by atoms with E-state index in [2.05, 4.69) is 46.7 Å². The maximum Gasteiger partial charge on any atom is 0.409 e. The van der Waals surface area contributed by atoms with Crippen molar-refractivity contribution in [2.45, 2.75) is 20.4 Å². The minimum absolute atomic E-state index is 0.198. The molecule has 0 atom stereocenters. The number of carbonyl (C=O) groups excluding carboxylic acids is 1. The van der Waals surface area contributed by atoms with Crippen molar-refractivity contribution >= 4 is 11.8 Å². The van der Waals surface area contributed by atoms with Crippen molar-refractivity contribution in [2.24, 2.45) is 0 Å². The summed E-state index contributed by atoms with van der Waals surface area (Å²) in [6, 6.07) is 10.6. The number of hydrogen-bond acceptors (Lipinski definition) is 8. The highest BCUT2D eigenvalue weighted by molar-refractivity contribution is 5.68. The van der Waals surface area contributed by atoms with E-state index in [4.69, 9.17) is 18.9 Å². The van der Waals surface area contributed by atoms with Crippen LogP contribution in [0, 0.1) is 13.8 Å². The molecule has 9 heteroatoms. The predicted molar refractivity (Wildman–Crippen MR) is 142 cm³/mol. The molecule has 2 aromatic carbocycles. The van der Waals surface area contributed by atoms with Gasteiger partial charge in [0.2, 0.25) is 12.5 Å². The number of ether oxygens (including phenoxy) is 4. The number of aryl methyl sites for hydroxylation is 2. The second-order valence-corrected chi connectivity index (χ2v) is 10.0. The molecule has 0 unspecified atom stereocenters. The molecule has 3 aliphatic heterocycles. The Bertz CT molecular complexity index is 1090. The summed E-state index contributed by atoms with van der Waals surface area (Å²) in [7, 11) is 1.65. The first-order valence-corrected chi connectivity index (χ1v) is 13.2. The summed E-state index contributed by atoms with van der Waals surface area (Å²) in [6.07, 6.45) is -0.198. The van der Waals surface area contributed by atoms with Crippen LogP contribution in [0.15, 0.2) is 30.3 Å². The highest BCUT2D eigenvalue weighted by atomic mass is 16.7. The minimum atomic E-state index is -0.198. The summed E-state index contributed by atoms with van der Waals surface area (Å²) < 4.78 is 22.1. The number of piperazine rings is 2. The molecule has 3 heterocycles. The van der Waals surface area contributed by atoms with Gasteiger partial charge in [-0.15, -0.1) is 0 Å². The Labute approximate surface area is 219 Å². The van der Waals surface area contributed by atoms with Crippen molar-refractivity contribution in [1.82, 2.24) is 14.7 Å². The Morgan fingerprint density at radius 1 is 0.919 bits per heavy atom. The second kappa shape index (κ2) is 11.5. The minimum Gasteiger partial charge on any atom is -0.493 e. The lowest BCUT2D eigenvalue weighted by Gasteiger charge is -2.37. The topological polar surface area (TPSA) is 67.0 Å². The lowest BCUT2D eigenvalue weighted by molar-refractivity contribution is 0.0726. The lowest BCUT2D eigenvalue weighted by atomic mass is 10.1. The number of fused-ring (bicyclic) bond motifs is 1. The SMILES string of the molecule is COc1cc(CN2CCN(CCOC(=O)N3CCN(c4cc(C)ccc4C)CC3)CC2)cc2c1OCO2. The lowest BCUT2D eigenvalue weighted by Crippen LogP contribution is -2.50. The Morgan fingerprint density at radius 2 is 1.68 bits per heavy atom. The third kappa shape index (κ3) is 6.05. The van der Waals surface area contributed by atoms with Gasteiger partial charge in [-0.05, 0) is 48.7 Å². The number of anilines is 1. The average Bonchev–Trinajstić information content (AvgIpc) is 3.39. The van der Waals surface area contributed by atoms with Crippen molar-refractivity contribution in [3.63, 3.8) is 0 Å². The Morgan fingerprint density at radius 3 is 2.43 bits per heavy atom.